The lowest BCUT2D eigenvalue weighted by Gasteiger charge is -2.34. The van der Waals surface area contributed by atoms with Crippen molar-refractivity contribution >= 4 is 13.2 Å². The van der Waals surface area contributed by atoms with Crippen molar-refractivity contribution in [2.24, 2.45) is 0 Å². The molecule has 3 atom stereocenters. The van der Waals surface area contributed by atoms with Gasteiger partial charge in [-0.3, -0.25) is 0 Å². The van der Waals surface area contributed by atoms with Gasteiger partial charge >= 0.3 is 13.2 Å². The number of alkyl carbamates (subject to hydrolysis) is 1. The van der Waals surface area contributed by atoms with Crippen molar-refractivity contribution in [1.82, 2.24) is 5.32 Å². The highest BCUT2D eigenvalue weighted by Crippen LogP contribution is 2.55. The maximum absolute atomic E-state index is 12.0. The van der Waals surface area contributed by atoms with Gasteiger partial charge in [-0.1, -0.05) is 25.2 Å². The van der Waals surface area contributed by atoms with Crippen LogP contribution in [0.4, 0.5) is 4.79 Å². The molecule has 0 radical (unpaired) electrons. The molecule has 9 heteroatoms. The van der Waals surface area contributed by atoms with E-state index < -0.39 is 49.0 Å². The van der Waals surface area contributed by atoms with E-state index in [1.165, 1.54) is 0 Å². The van der Waals surface area contributed by atoms with Crippen LogP contribution in [0.2, 0.25) is 5.31 Å². The van der Waals surface area contributed by atoms with Crippen LogP contribution in [0.25, 0.3) is 0 Å². The Morgan fingerprint density at radius 1 is 1.41 bits per heavy atom. The van der Waals surface area contributed by atoms with Crippen molar-refractivity contribution in [3.05, 3.63) is 23.8 Å². The van der Waals surface area contributed by atoms with Crippen LogP contribution in [0.15, 0.2) is 23.8 Å². The Balaban J connectivity index is 1.78. The average molecular weight is 381 g/mol. The lowest BCUT2D eigenvalue weighted by molar-refractivity contribution is -0.0958. The van der Waals surface area contributed by atoms with Gasteiger partial charge in [0.1, 0.15) is 11.2 Å². The van der Waals surface area contributed by atoms with E-state index in [4.69, 9.17) is 18.8 Å². The summed E-state index contributed by atoms with van der Waals surface area (Å²) in [6, 6.07) is 0. The number of carbonyl (C=O) groups excluding carboxylic acids is 1. The molecular formula is C18H28BNO7. The third-order valence-corrected chi connectivity index (χ3v) is 5.19. The monoisotopic (exact) mass is 381 g/mol. The van der Waals surface area contributed by atoms with Crippen molar-refractivity contribution in [3.8, 4) is 0 Å². The minimum absolute atomic E-state index is 0.0541. The second-order valence-electron chi connectivity index (χ2n) is 8.48. The highest BCUT2D eigenvalue weighted by Gasteiger charge is 2.63. The molecular weight excluding hydrogens is 353 g/mol. The number of aliphatic hydroxyl groups is 2. The molecule has 3 unspecified atom stereocenters. The smallest absolute Gasteiger partial charge is 0.444 e. The number of hydrogen-bond acceptors (Lipinski definition) is 7. The molecule has 2 saturated heterocycles. The summed E-state index contributed by atoms with van der Waals surface area (Å²) in [7, 11) is -0.731. The van der Waals surface area contributed by atoms with Crippen molar-refractivity contribution in [3.63, 3.8) is 0 Å². The standard InChI is InChI=1S/C18H28BNO7/c1-16(2,3)25-15(23)20-8-13-12-6-5-7-14-17(12,4)19(26-13)27-18(9-21,10-22)11-24-14/h5-7,13-14,21-22H,8-11H2,1-4H3,(H,20,23). The van der Waals surface area contributed by atoms with Crippen LogP contribution in [0.3, 0.4) is 0 Å². The molecule has 2 fully saturated rings. The fraction of sp³-hybridized carbons (Fsp3) is 0.722. The predicted molar refractivity (Wildman–Crippen MR) is 98.2 cm³/mol. The number of nitrogens with one attached hydrogen (secondary N) is 1. The Morgan fingerprint density at radius 3 is 2.74 bits per heavy atom. The topological polar surface area (TPSA) is 106 Å². The van der Waals surface area contributed by atoms with Crippen LogP contribution in [-0.4, -0.2) is 73.2 Å². The number of hydrogen-bond donors (Lipinski definition) is 3. The molecule has 3 rings (SSSR count). The molecule has 150 valence electrons. The van der Waals surface area contributed by atoms with Gasteiger partial charge in [0.25, 0.3) is 0 Å². The molecule has 27 heavy (non-hydrogen) atoms. The third kappa shape index (κ3) is 3.79. The van der Waals surface area contributed by atoms with Crippen LogP contribution >= 0.6 is 0 Å². The Labute approximate surface area is 159 Å². The summed E-state index contributed by atoms with van der Waals surface area (Å²) < 4.78 is 23.3. The normalized spacial score (nSPS) is 31.8. The largest absolute Gasteiger partial charge is 0.471 e. The maximum atomic E-state index is 12.0. The van der Waals surface area contributed by atoms with Gasteiger partial charge in [0.15, 0.2) is 0 Å². The van der Waals surface area contributed by atoms with Gasteiger partial charge in [-0.25, -0.2) is 4.79 Å². The molecule has 0 aromatic heterocycles. The Bertz CT molecular complexity index is 640. The molecule has 8 nitrogen and oxygen atoms in total. The van der Waals surface area contributed by atoms with Gasteiger partial charge in [0.05, 0.1) is 37.3 Å². The number of ether oxygens (including phenoxy) is 2. The zero-order valence-corrected chi connectivity index (χ0v) is 16.2. The van der Waals surface area contributed by atoms with Crippen molar-refractivity contribution in [2.75, 3.05) is 26.4 Å². The van der Waals surface area contributed by atoms with E-state index in [0.29, 0.717) is 0 Å². The van der Waals surface area contributed by atoms with E-state index in [1.54, 1.807) is 20.8 Å². The van der Waals surface area contributed by atoms with Gasteiger partial charge in [-0.2, -0.15) is 0 Å². The van der Waals surface area contributed by atoms with Crippen LogP contribution < -0.4 is 5.32 Å². The Kier molecular flexibility index (Phi) is 5.44. The van der Waals surface area contributed by atoms with Crippen molar-refractivity contribution < 1.29 is 33.8 Å². The molecule has 0 bridgehead atoms. The molecule has 1 aliphatic carbocycles. The van der Waals surface area contributed by atoms with E-state index in [-0.39, 0.29) is 19.3 Å². The highest BCUT2D eigenvalue weighted by atomic mass is 16.6. The Hall–Kier alpha value is -1.39. The SMILES string of the molecule is CC(C)(C)OC(=O)NCC1OB2OC(CO)(CO)COC3C=CC=C1C23C. The van der Waals surface area contributed by atoms with Gasteiger partial charge in [0, 0.05) is 6.54 Å². The first-order valence-electron chi connectivity index (χ1n) is 9.16. The molecule has 2 heterocycles. The fourth-order valence-electron chi connectivity index (χ4n) is 3.64. The average Bonchev–Trinajstić information content (AvgIpc) is 2.79. The van der Waals surface area contributed by atoms with E-state index in [0.717, 1.165) is 5.57 Å². The fourth-order valence-corrected chi connectivity index (χ4v) is 3.64. The van der Waals surface area contributed by atoms with Crippen molar-refractivity contribution in [1.29, 1.82) is 0 Å². The molecule has 0 aromatic rings. The Morgan fingerprint density at radius 2 is 2.11 bits per heavy atom. The van der Waals surface area contributed by atoms with Crippen LogP contribution in [-0.2, 0) is 18.8 Å². The first kappa shape index (κ1) is 20.4. The summed E-state index contributed by atoms with van der Waals surface area (Å²) in [5.41, 5.74) is -0.894. The summed E-state index contributed by atoms with van der Waals surface area (Å²) in [5, 5.41) is 21.6. The molecule has 0 aromatic carbocycles. The lowest BCUT2D eigenvalue weighted by Crippen LogP contribution is -2.49. The molecule has 0 spiro atoms. The number of rotatable bonds is 4. The van der Waals surface area contributed by atoms with Crippen molar-refractivity contribution in [2.45, 2.75) is 56.4 Å². The highest BCUT2D eigenvalue weighted by molar-refractivity contribution is 6.52. The number of carbonyl (C=O) groups is 1. The summed E-state index contributed by atoms with van der Waals surface area (Å²) in [6.07, 6.45) is 4.46. The van der Waals surface area contributed by atoms with Gasteiger partial charge in [0.2, 0.25) is 0 Å². The first-order chi connectivity index (χ1) is 12.6. The third-order valence-electron chi connectivity index (χ3n) is 5.19. The maximum Gasteiger partial charge on any atom is 0.471 e. The van der Waals surface area contributed by atoms with E-state index in [2.05, 4.69) is 5.32 Å². The summed E-state index contributed by atoms with van der Waals surface area (Å²) in [4.78, 5) is 12.0. The predicted octanol–water partition coefficient (Wildman–Crippen LogP) is 0.793. The molecule has 1 amide bonds. The quantitative estimate of drug-likeness (QED) is 0.619. The molecule has 3 aliphatic rings. The van der Waals surface area contributed by atoms with E-state index in [1.807, 2.05) is 25.2 Å². The lowest BCUT2D eigenvalue weighted by atomic mass is 9.52. The number of aliphatic hydroxyl groups excluding tert-OH is 2. The molecule has 3 N–H and O–H groups in total. The summed E-state index contributed by atoms with van der Waals surface area (Å²) in [5.74, 6) is 0. The first-order valence-corrected chi connectivity index (χ1v) is 9.16. The minimum Gasteiger partial charge on any atom is -0.444 e. The second-order valence-corrected chi connectivity index (χ2v) is 8.48. The molecule has 2 aliphatic heterocycles. The van der Waals surface area contributed by atoms with Crippen LogP contribution in [0.5, 0.6) is 0 Å². The zero-order chi connectivity index (χ0) is 19.9. The molecule has 0 saturated carbocycles. The minimum atomic E-state index is -1.24. The zero-order valence-electron chi connectivity index (χ0n) is 16.2. The number of amides is 1. The van der Waals surface area contributed by atoms with E-state index >= 15 is 0 Å². The second kappa shape index (κ2) is 7.22. The van der Waals surface area contributed by atoms with Gasteiger partial charge in [-0.05, 0) is 26.3 Å². The summed E-state index contributed by atoms with van der Waals surface area (Å²) >= 11 is 0. The van der Waals surface area contributed by atoms with Gasteiger partial charge in [-0.15, -0.1) is 0 Å². The van der Waals surface area contributed by atoms with Crippen LogP contribution in [0, 0.1) is 0 Å². The van der Waals surface area contributed by atoms with Gasteiger partial charge < -0.3 is 34.3 Å². The van der Waals surface area contributed by atoms with Crippen LogP contribution in [0.1, 0.15) is 27.7 Å². The van der Waals surface area contributed by atoms with E-state index in [9.17, 15) is 15.0 Å². The number of allylic oxidation sites excluding steroid dienone is 2. The summed E-state index contributed by atoms with van der Waals surface area (Å²) in [6.45, 7) is 6.84.